The number of pyridine rings is 1. The van der Waals surface area contributed by atoms with Gasteiger partial charge in [-0.25, -0.2) is 8.42 Å². The van der Waals surface area contributed by atoms with Crippen LogP contribution in [-0.2, 0) is 23.0 Å². The fraction of sp³-hybridized carbons (Fsp3) is 0.143. The first kappa shape index (κ1) is 25.6. The molecule has 0 saturated carbocycles. The van der Waals surface area contributed by atoms with E-state index in [2.05, 4.69) is 26.2 Å². The number of carbonyl (C=O) groups is 1. The number of nitrogens with one attached hydrogen (secondary N) is 1. The Morgan fingerprint density at radius 2 is 1.50 bits per heavy atom. The second kappa shape index (κ2) is 11.1. The fourth-order valence-corrected chi connectivity index (χ4v) is 4.88. The molecule has 0 fully saturated rings. The molecule has 1 heterocycles. The van der Waals surface area contributed by atoms with Crippen molar-refractivity contribution in [2.24, 2.45) is 0 Å². The maximum absolute atomic E-state index is 12.7. The van der Waals surface area contributed by atoms with Gasteiger partial charge in [0.1, 0.15) is 0 Å². The molecular weight excluding hydrogens is 538 g/mol. The van der Waals surface area contributed by atoms with Gasteiger partial charge in [-0.1, -0.05) is 40.2 Å². The van der Waals surface area contributed by atoms with Gasteiger partial charge < -0.3 is 5.32 Å². The van der Waals surface area contributed by atoms with Crippen molar-refractivity contribution in [2.45, 2.75) is 19.9 Å². The zero-order chi connectivity index (χ0) is 25.7. The highest BCUT2D eigenvalue weighted by molar-refractivity contribution is 9.10. The molecule has 1 N–H and O–H groups in total. The molecule has 6 nitrogen and oxygen atoms in total. The highest BCUT2D eigenvalue weighted by atomic mass is 79.9. The van der Waals surface area contributed by atoms with Crippen LogP contribution in [0.3, 0.4) is 0 Å². The number of aryl methyl sites for hydroxylation is 1. The van der Waals surface area contributed by atoms with Gasteiger partial charge in [-0.2, -0.15) is 0 Å². The number of sulfonamides is 1. The summed E-state index contributed by atoms with van der Waals surface area (Å²) in [6, 6.07) is 24.1. The quantitative estimate of drug-likeness (QED) is 0.287. The predicted molar refractivity (Wildman–Crippen MR) is 148 cm³/mol. The molecule has 0 spiro atoms. The summed E-state index contributed by atoms with van der Waals surface area (Å²) in [7, 11) is -3.50. The highest BCUT2D eigenvalue weighted by Gasteiger charge is 2.19. The lowest BCUT2D eigenvalue weighted by Gasteiger charge is -2.23. The molecule has 1 amide bonds. The van der Waals surface area contributed by atoms with Crippen molar-refractivity contribution < 1.29 is 13.2 Å². The van der Waals surface area contributed by atoms with Crippen molar-refractivity contribution >= 4 is 43.2 Å². The molecule has 0 unspecified atom stereocenters. The van der Waals surface area contributed by atoms with Crippen LogP contribution in [0.5, 0.6) is 0 Å². The van der Waals surface area contributed by atoms with Crippen molar-refractivity contribution in [3.63, 3.8) is 0 Å². The van der Waals surface area contributed by atoms with Gasteiger partial charge in [0, 0.05) is 28.1 Å². The zero-order valence-electron chi connectivity index (χ0n) is 20.0. The maximum atomic E-state index is 12.7. The summed E-state index contributed by atoms with van der Waals surface area (Å²) in [5.74, 6) is -0.230. The Bertz CT molecular complexity index is 1460. The van der Waals surface area contributed by atoms with Crippen LogP contribution in [0.4, 0.5) is 11.4 Å². The van der Waals surface area contributed by atoms with Crippen molar-refractivity contribution in [3.05, 3.63) is 124 Å². The Kier molecular flexibility index (Phi) is 7.86. The Morgan fingerprint density at radius 3 is 2.11 bits per heavy atom. The van der Waals surface area contributed by atoms with E-state index in [4.69, 9.17) is 0 Å². The molecule has 4 aromatic rings. The third kappa shape index (κ3) is 6.59. The van der Waals surface area contributed by atoms with Gasteiger partial charge in [0.2, 0.25) is 10.0 Å². The van der Waals surface area contributed by atoms with Crippen molar-refractivity contribution in [1.29, 1.82) is 0 Å². The van der Waals surface area contributed by atoms with Gasteiger partial charge in [-0.15, -0.1) is 0 Å². The Labute approximate surface area is 220 Å². The molecule has 0 atom stereocenters. The van der Waals surface area contributed by atoms with Crippen LogP contribution in [0, 0.1) is 6.92 Å². The number of carbonyl (C=O) groups excluding carboxylic acids is 1. The van der Waals surface area contributed by atoms with Gasteiger partial charge in [0.15, 0.2) is 0 Å². The third-order valence-electron chi connectivity index (χ3n) is 5.74. The minimum atomic E-state index is -3.50. The van der Waals surface area contributed by atoms with Gasteiger partial charge in [0.05, 0.1) is 18.5 Å². The molecule has 0 bridgehead atoms. The number of rotatable bonds is 8. The first-order valence-electron chi connectivity index (χ1n) is 11.3. The van der Waals surface area contributed by atoms with Gasteiger partial charge in [0.25, 0.3) is 5.91 Å². The highest BCUT2D eigenvalue weighted by Crippen LogP contribution is 2.26. The summed E-state index contributed by atoms with van der Waals surface area (Å²) in [5.41, 5.74) is 5.82. The SMILES string of the molecule is Cc1cc(N(Cc2ccc(C(=O)Nc3ccc(Cc4ccncc4)cc3)cc2)S(C)(=O)=O)ccc1Br. The second-order valence-corrected chi connectivity index (χ2v) is 11.3. The van der Waals surface area contributed by atoms with E-state index in [1.54, 1.807) is 42.7 Å². The smallest absolute Gasteiger partial charge is 0.255 e. The third-order valence-corrected chi connectivity index (χ3v) is 7.77. The van der Waals surface area contributed by atoms with E-state index in [1.165, 1.54) is 16.1 Å². The molecule has 184 valence electrons. The number of benzene rings is 3. The van der Waals surface area contributed by atoms with Gasteiger partial charge in [-0.05, 0) is 90.2 Å². The minimum Gasteiger partial charge on any atom is -0.322 e. The molecule has 0 aliphatic carbocycles. The lowest BCUT2D eigenvalue weighted by molar-refractivity contribution is 0.102. The largest absolute Gasteiger partial charge is 0.322 e. The molecule has 0 aliphatic rings. The molecular formula is C28H26BrN3O3S. The van der Waals surface area contributed by atoms with Crippen molar-refractivity contribution in [3.8, 4) is 0 Å². The normalized spacial score (nSPS) is 11.2. The fourth-order valence-electron chi connectivity index (χ4n) is 3.76. The molecule has 0 radical (unpaired) electrons. The number of halogens is 1. The van der Waals surface area contributed by atoms with E-state index in [9.17, 15) is 13.2 Å². The number of amides is 1. The summed E-state index contributed by atoms with van der Waals surface area (Å²) in [6.45, 7) is 2.08. The first-order valence-corrected chi connectivity index (χ1v) is 14.0. The standard InChI is InChI=1S/C28H26BrN3O3S/c1-20-17-26(11-12-27(20)29)32(36(2,34)35)19-23-3-7-24(8-4-23)28(33)31-25-9-5-21(6-10-25)18-22-13-15-30-16-14-22/h3-17H,18-19H2,1-2H3,(H,31,33). The van der Waals surface area contributed by atoms with Crippen LogP contribution in [0.15, 0.2) is 95.7 Å². The zero-order valence-corrected chi connectivity index (χ0v) is 22.4. The summed E-state index contributed by atoms with van der Waals surface area (Å²) >= 11 is 3.45. The number of nitrogens with zero attached hydrogens (tertiary/aromatic N) is 2. The lowest BCUT2D eigenvalue weighted by Crippen LogP contribution is -2.29. The molecule has 1 aromatic heterocycles. The van der Waals surface area contributed by atoms with E-state index in [-0.39, 0.29) is 12.5 Å². The molecule has 3 aromatic carbocycles. The molecule has 8 heteroatoms. The maximum Gasteiger partial charge on any atom is 0.255 e. The summed E-state index contributed by atoms with van der Waals surface area (Å²) in [5, 5.41) is 2.91. The molecule has 36 heavy (non-hydrogen) atoms. The molecule has 4 rings (SSSR count). The van der Waals surface area contributed by atoms with Crippen LogP contribution < -0.4 is 9.62 Å². The Morgan fingerprint density at radius 1 is 0.889 bits per heavy atom. The van der Waals surface area contributed by atoms with Crippen molar-refractivity contribution in [1.82, 2.24) is 4.98 Å². The summed E-state index contributed by atoms with van der Waals surface area (Å²) in [6.07, 6.45) is 5.53. The average Bonchev–Trinajstić information content (AvgIpc) is 2.86. The van der Waals surface area contributed by atoms with Gasteiger partial charge in [-0.3, -0.25) is 14.1 Å². The Balaban J connectivity index is 1.42. The van der Waals surface area contributed by atoms with Crippen LogP contribution in [0.25, 0.3) is 0 Å². The van der Waals surface area contributed by atoms with Crippen LogP contribution in [0.2, 0.25) is 0 Å². The molecule has 0 saturated heterocycles. The number of anilines is 2. The van der Waals surface area contributed by atoms with E-state index < -0.39 is 10.0 Å². The number of aromatic nitrogens is 1. The lowest BCUT2D eigenvalue weighted by atomic mass is 10.1. The first-order chi connectivity index (χ1) is 17.2. The van der Waals surface area contributed by atoms with Crippen molar-refractivity contribution in [2.75, 3.05) is 15.9 Å². The van der Waals surface area contributed by atoms with E-state index >= 15 is 0 Å². The van der Waals surface area contributed by atoms with Gasteiger partial charge >= 0.3 is 0 Å². The minimum absolute atomic E-state index is 0.167. The number of hydrogen-bond acceptors (Lipinski definition) is 4. The summed E-state index contributed by atoms with van der Waals surface area (Å²) < 4.78 is 27.2. The monoisotopic (exact) mass is 563 g/mol. The topological polar surface area (TPSA) is 79.4 Å². The van der Waals surface area contributed by atoms with Crippen LogP contribution in [0.1, 0.15) is 32.6 Å². The summed E-state index contributed by atoms with van der Waals surface area (Å²) in [4.78, 5) is 16.8. The average molecular weight is 565 g/mol. The predicted octanol–water partition coefficient (Wildman–Crippen LogP) is 5.96. The number of hydrogen-bond donors (Lipinski definition) is 1. The Hall–Kier alpha value is -3.49. The second-order valence-electron chi connectivity index (χ2n) is 8.58. The molecule has 0 aliphatic heterocycles. The van der Waals surface area contributed by atoms with E-state index in [0.29, 0.717) is 16.9 Å². The van der Waals surface area contributed by atoms with E-state index in [1.807, 2.05) is 55.5 Å². The van der Waals surface area contributed by atoms with E-state index in [0.717, 1.165) is 27.6 Å². The van der Waals surface area contributed by atoms with Crippen LogP contribution in [-0.4, -0.2) is 25.6 Å². The van der Waals surface area contributed by atoms with Crippen LogP contribution >= 0.6 is 15.9 Å².